The molecule has 3 aliphatic rings. The third-order valence-electron chi connectivity index (χ3n) is 4.95. The highest BCUT2D eigenvalue weighted by atomic mass is 16.6. The third-order valence-corrected chi connectivity index (χ3v) is 4.95. The van der Waals surface area contributed by atoms with Gasteiger partial charge in [-0.25, -0.2) is 4.79 Å². The minimum Gasteiger partial charge on any atom is -0.444 e. The summed E-state index contributed by atoms with van der Waals surface area (Å²) in [5.74, 6) is 0. The molecule has 3 rings (SSSR count). The molecule has 2 saturated heterocycles. The number of ether oxygens (including phenoxy) is 1. The Morgan fingerprint density at radius 1 is 1.16 bits per heavy atom. The summed E-state index contributed by atoms with van der Waals surface area (Å²) in [7, 11) is 0. The average molecular weight is 266 g/mol. The van der Waals surface area contributed by atoms with Crippen LogP contribution in [0.2, 0.25) is 0 Å². The number of nitrogens with two attached hydrogens (primary N) is 1. The van der Waals surface area contributed by atoms with Crippen LogP contribution in [0.1, 0.15) is 59.3 Å². The highest BCUT2D eigenvalue weighted by molar-refractivity contribution is 5.69. The van der Waals surface area contributed by atoms with E-state index in [-0.39, 0.29) is 6.09 Å². The monoisotopic (exact) mass is 266 g/mol. The molecule has 2 atom stereocenters. The van der Waals surface area contributed by atoms with E-state index in [9.17, 15) is 4.79 Å². The molecule has 0 aromatic heterocycles. The van der Waals surface area contributed by atoms with E-state index in [1.165, 1.54) is 0 Å². The van der Waals surface area contributed by atoms with Crippen molar-refractivity contribution in [2.45, 2.75) is 83.0 Å². The Bertz CT molecular complexity index is 366. The SMILES string of the molecule is CC(C)(C)OC(=O)N1[C@@H]2CC[C@H]1CC1(CC(N)C1)C2. The first kappa shape index (κ1) is 13.2. The summed E-state index contributed by atoms with van der Waals surface area (Å²) in [5, 5.41) is 0. The molecule has 108 valence electrons. The van der Waals surface area contributed by atoms with Gasteiger partial charge in [0.1, 0.15) is 5.60 Å². The fourth-order valence-corrected chi connectivity index (χ4v) is 4.44. The average Bonchev–Trinajstić information content (AvgIpc) is 2.47. The number of piperidine rings is 1. The fraction of sp³-hybridized carbons (Fsp3) is 0.933. The number of hydrogen-bond acceptors (Lipinski definition) is 3. The quantitative estimate of drug-likeness (QED) is 0.733. The number of fused-ring (bicyclic) bond motifs is 2. The van der Waals surface area contributed by atoms with Crippen LogP contribution in [-0.2, 0) is 4.74 Å². The van der Waals surface area contributed by atoms with E-state index < -0.39 is 5.60 Å². The summed E-state index contributed by atoms with van der Waals surface area (Å²) in [5.41, 5.74) is 6.02. The van der Waals surface area contributed by atoms with Crippen molar-refractivity contribution < 1.29 is 9.53 Å². The van der Waals surface area contributed by atoms with Gasteiger partial charge < -0.3 is 15.4 Å². The molecule has 1 aliphatic carbocycles. The van der Waals surface area contributed by atoms with E-state index in [0.29, 0.717) is 23.5 Å². The first-order valence-electron chi connectivity index (χ1n) is 7.55. The smallest absolute Gasteiger partial charge is 0.410 e. The molecule has 2 aliphatic heterocycles. The van der Waals surface area contributed by atoms with Crippen LogP contribution < -0.4 is 5.73 Å². The molecule has 2 bridgehead atoms. The van der Waals surface area contributed by atoms with Crippen LogP contribution in [0.25, 0.3) is 0 Å². The minimum absolute atomic E-state index is 0.113. The maximum atomic E-state index is 12.3. The molecule has 0 unspecified atom stereocenters. The van der Waals surface area contributed by atoms with Crippen LogP contribution in [0.4, 0.5) is 4.79 Å². The number of rotatable bonds is 0. The maximum Gasteiger partial charge on any atom is 0.410 e. The van der Waals surface area contributed by atoms with Gasteiger partial charge in [-0.2, -0.15) is 0 Å². The van der Waals surface area contributed by atoms with Crippen molar-refractivity contribution in [3.05, 3.63) is 0 Å². The molecule has 4 nitrogen and oxygen atoms in total. The molecule has 2 N–H and O–H groups in total. The topological polar surface area (TPSA) is 55.6 Å². The first-order valence-corrected chi connectivity index (χ1v) is 7.55. The Hall–Kier alpha value is -0.770. The van der Waals surface area contributed by atoms with Gasteiger partial charge in [0.05, 0.1) is 0 Å². The second-order valence-electron chi connectivity index (χ2n) is 7.85. The number of hydrogen-bond donors (Lipinski definition) is 1. The summed E-state index contributed by atoms with van der Waals surface area (Å²) in [4.78, 5) is 14.4. The van der Waals surface area contributed by atoms with Gasteiger partial charge in [-0.05, 0) is 64.7 Å². The summed E-state index contributed by atoms with van der Waals surface area (Å²) in [6, 6.07) is 1.18. The van der Waals surface area contributed by atoms with Gasteiger partial charge in [0.25, 0.3) is 0 Å². The molecule has 1 saturated carbocycles. The van der Waals surface area contributed by atoms with Crippen molar-refractivity contribution in [2.75, 3.05) is 0 Å². The molecule has 1 amide bonds. The van der Waals surface area contributed by atoms with Crippen molar-refractivity contribution in [1.82, 2.24) is 4.90 Å². The third kappa shape index (κ3) is 2.35. The minimum atomic E-state index is -0.398. The van der Waals surface area contributed by atoms with Gasteiger partial charge in [-0.15, -0.1) is 0 Å². The van der Waals surface area contributed by atoms with E-state index in [1.54, 1.807) is 0 Å². The molecule has 0 aromatic rings. The molecule has 4 heteroatoms. The lowest BCUT2D eigenvalue weighted by atomic mass is 9.59. The Morgan fingerprint density at radius 2 is 1.68 bits per heavy atom. The molecule has 0 aromatic carbocycles. The zero-order valence-electron chi connectivity index (χ0n) is 12.3. The van der Waals surface area contributed by atoms with Gasteiger partial charge in [-0.3, -0.25) is 0 Å². The Balaban J connectivity index is 1.68. The lowest BCUT2D eigenvalue weighted by Crippen LogP contribution is -2.57. The molecular formula is C15H26N2O2. The van der Waals surface area contributed by atoms with Gasteiger partial charge in [0.2, 0.25) is 0 Å². The largest absolute Gasteiger partial charge is 0.444 e. The summed E-state index contributed by atoms with van der Waals surface area (Å²) in [6.07, 6.45) is 6.75. The molecule has 1 spiro atoms. The molecule has 3 fully saturated rings. The number of carbonyl (C=O) groups excluding carboxylic acids is 1. The van der Waals surface area contributed by atoms with Crippen molar-refractivity contribution in [3.63, 3.8) is 0 Å². The van der Waals surface area contributed by atoms with E-state index in [1.807, 2.05) is 25.7 Å². The van der Waals surface area contributed by atoms with Gasteiger partial charge >= 0.3 is 6.09 Å². The molecule has 2 heterocycles. The highest BCUT2D eigenvalue weighted by Crippen LogP contribution is 2.55. The van der Waals surface area contributed by atoms with Crippen LogP contribution in [-0.4, -0.2) is 34.7 Å². The Labute approximate surface area is 115 Å². The fourth-order valence-electron chi connectivity index (χ4n) is 4.44. The lowest BCUT2D eigenvalue weighted by molar-refractivity contribution is -0.0390. The summed E-state index contributed by atoms with van der Waals surface area (Å²) < 4.78 is 5.56. The molecule has 19 heavy (non-hydrogen) atoms. The van der Waals surface area contributed by atoms with Gasteiger partial charge in [0, 0.05) is 18.1 Å². The van der Waals surface area contributed by atoms with Crippen molar-refractivity contribution >= 4 is 6.09 Å². The van der Waals surface area contributed by atoms with Crippen LogP contribution in [0, 0.1) is 5.41 Å². The van der Waals surface area contributed by atoms with Crippen molar-refractivity contribution in [1.29, 1.82) is 0 Å². The second-order valence-corrected chi connectivity index (χ2v) is 7.85. The lowest BCUT2D eigenvalue weighted by Gasteiger charge is -2.54. The zero-order chi connectivity index (χ0) is 13.8. The number of carbonyl (C=O) groups is 1. The van der Waals surface area contributed by atoms with E-state index >= 15 is 0 Å². The van der Waals surface area contributed by atoms with Crippen LogP contribution in [0.3, 0.4) is 0 Å². The highest BCUT2D eigenvalue weighted by Gasteiger charge is 2.54. The predicted molar refractivity (Wildman–Crippen MR) is 73.8 cm³/mol. The van der Waals surface area contributed by atoms with E-state index in [2.05, 4.69) is 0 Å². The zero-order valence-corrected chi connectivity index (χ0v) is 12.3. The Morgan fingerprint density at radius 3 is 2.11 bits per heavy atom. The van der Waals surface area contributed by atoms with Gasteiger partial charge in [-0.1, -0.05) is 0 Å². The predicted octanol–water partition coefficient (Wildman–Crippen LogP) is 2.66. The Kier molecular flexibility index (Phi) is 2.86. The first-order chi connectivity index (χ1) is 8.78. The summed E-state index contributed by atoms with van der Waals surface area (Å²) in [6.45, 7) is 5.80. The van der Waals surface area contributed by atoms with E-state index in [4.69, 9.17) is 10.5 Å². The number of nitrogens with zero attached hydrogens (tertiary/aromatic N) is 1. The van der Waals surface area contributed by atoms with Crippen LogP contribution in [0.5, 0.6) is 0 Å². The van der Waals surface area contributed by atoms with Crippen LogP contribution >= 0.6 is 0 Å². The maximum absolute atomic E-state index is 12.3. The number of amides is 1. The molecular weight excluding hydrogens is 240 g/mol. The van der Waals surface area contributed by atoms with Crippen LogP contribution in [0.15, 0.2) is 0 Å². The normalized spacial score (nSPS) is 41.3. The van der Waals surface area contributed by atoms with Gasteiger partial charge in [0.15, 0.2) is 0 Å². The summed E-state index contributed by atoms with van der Waals surface area (Å²) >= 11 is 0. The van der Waals surface area contributed by atoms with Crippen molar-refractivity contribution in [3.8, 4) is 0 Å². The van der Waals surface area contributed by atoms with E-state index in [0.717, 1.165) is 38.5 Å². The standard InChI is InChI=1S/C15H26N2O2/c1-14(2,3)19-13(18)17-11-4-5-12(17)9-15(8-11)6-10(16)7-15/h10-12H,4-9,16H2,1-3H3/t10?,11-,12+,15?. The second kappa shape index (κ2) is 4.11. The molecule has 0 radical (unpaired) electrons. The van der Waals surface area contributed by atoms with Crippen molar-refractivity contribution in [2.24, 2.45) is 11.1 Å².